The van der Waals surface area contributed by atoms with Crippen LogP contribution >= 0.6 is 0 Å². The first-order valence-electron chi connectivity index (χ1n) is 4.93. The Bertz CT molecular complexity index is 340. The molecular weight excluding hydrogens is 190 g/mol. The summed E-state index contributed by atoms with van der Waals surface area (Å²) < 4.78 is 4.58. The van der Waals surface area contributed by atoms with Gasteiger partial charge in [0, 0.05) is 0 Å². The van der Waals surface area contributed by atoms with Gasteiger partial charge in [-0.05, 0) is 25.8 Å². The summed E-state index contributed by atoms with van der Waals surface area (Å²) in [6, 6.07) is 5.59. The molecule has 0 aromatic heterocycles. The van der Waals surface area contributed by atoms with E-state index in [9.17, 15) is 4.79 Å². The van der Waals surface area contributed by atoms with Crippen LogP contribution in [0, 0.1) is 13.8 Å². The third kappa shape index (κ3) is 3.36. The van der Waals surface area contributed by atoms with E-state index in [2.05, 4.69) is 10.8 Å². The standard InChI is InChI=1S/C12H17NO2/c1-8-4-9(2)6-10(5-8)7-11(13)12(14)15-3/h4-6,11H,7,13H2,1-3H3/t11-/m0/s1. The Hall–Kier alpha value is -1.35. The normalized spacial score (nSPS) is 12.3. The third-order valence-electron chi connectivity index (χ3n) is 2.24. The van der Waals surface area contributed by atoms with Crippen LogP contribution in [0.4, 0.5) is 0 Å². The average molecular weight is 207 g/mol. The lowest BCUT2D eigenvalue weighted by Gasteiger charge is -2.10. The number of carbonyl (C=O) groups is 1. The number of nitrogens with two attached hydrogens (primary N) is 1. The maximum absolute atomic E-state index is 11.1. The van der Waals surface area contributed by atoms with Crippen LogP contribution in [0.5, 0.6) is 0 Å². The molecule has 15 heavy (non-hydrogen) atoms. The second-order valence-electron chi connectivity index (χ2n) is 3.83. The summed E-state index contributed by atoms with van der Waals surface area (Å²) in [5, 5.41) is 0. The quantitative estimate of drug-likeness (QED) is 0.761. The number of aryl methyl sites for hydroxylation is 2. The van der Waals surface area contributed by atoms with E-state index in [0.29, 0.717) is 6.42 Å². The summed E-state index contributed by atoms with van der Waals surface area (Å²) in [7, 11) is 1.35. The molecular formula is C12H17NO2. The van der Waals surface area contributed by atoms with Gasteiger partial charge in [-0.15, -0.1) is 0 Å². The van der Waals surface area contributed by atoms with Gasteiger partial charge in [-0.1, -0.05) is 29.3 Å². The van der Waals surface area contributed by atoms with Crippen LogP contribution in [-0.4, -0.2) is 19.1 Å². The summed E-state index contributed by atoms with van der Waals surface area (Å²) in [5.41, 5.74) is 9.12. The van der Waals surface area contributed by atoms with Crippen LogP contribution in [0.3, 0.4) is 0 Å². The van der Waals surface area contributed by atoms with E-state index in [0.717, 1.165) is 5.56 Å². The van der Waals surface area contributed by atoms with Gasteiger partial charge in [-0.25, -0.2) is 0 Å². The second kappa shape index (κ2) is 4.94. The zero-order valence-corrected chi connectivity index (χ0v) is 9.41. The number of rotatable bonds is 3. The van der Waals surface area contributed by atoms with E-state index in [1.54, 1.807) is 0 Å². The molecule has 0 spiro atoms. The Morgan fingerprint density at radius 1 is 1.33 bits per heavy atom. The van der Waals surface area contributed by atoms with Crippen molar-refractivity contribution in [3.05, 3.63) is 34.9 Å². The summed E-state index contributed by atoms with van der Waals surface area (Å²) in [5.74, 6) is -0.367. The van der Waals surface area contributed by atoms with Crippen molar-refractivity contribution in [1.82, 2.24) is 0 Å². The average Bonchev–Trinajstić information content (AvgIpc) is 2.14. The van der Waals surface area contributed by atoms with E-state index < -0.39 is 6.04 Å². The third-order valence-corrected chi connectivity index (χ3v) is 2.24. The van der Waals surface area contributed by atoms with Crippen LogP contribution in [0.1, 0.15) is 16.7 Å². The Morgan fingerprint density at radius 2 is 1.87 bits per heavy atom. The van der Waals surface area contributed by atoms with Gasteiger partial charge in [0.05, 0.1) is 7.11 Å². The molecule has 0 heterocycles. The van der Waals surface area contributed by atoms with E-state index in [1.807, 2.05) is 26.0 Å². The van der Waals surface area contributed by atoms with Crippen molar-refractivity contribution >= 4 is 5.97 Å². The molecule has 82 valence electrons. The first kappa shape index (κ1) is 11.7. The van der Waals surface area contributed by atoms with Gasteiger partial charge in [0.15, 0.2) is 0 Å². The van der Waals surface area contributed by atoms with Crippen molar-refractivity contribution < 1.29 is 9.53 Å². The topological polar surface area (TPSA) is 52.3 Å². The maximum Gasteiger partial charge on any atom is 0.322 e. The summed E-state index contributed by atoms with van der Waals surface area (Å²) in [6.07, 6.45) is 0.523. The number of esters is 1. The number of hydrogen-bond acceptors (Lipinski definition) is 3. The molecule has 0 aliphatic carbocycles. The smallest absolute Gasteiger partial charge is 0.322 e. The van der Waals surface area contributed by atoms with Crippen molar-refractivity contribution in [1.29, 1.82) is 0 Å². The van der Waals surface area contributed by atoms with Crippen molar-refractivity contribution in [3.8, 4) is 0 Å². The van der Waals surface area contributed by atoms with Crippen LogP contribution in [0.15, 0.2) is 18.2 Å². The molecule has 0 fully saturated rings. The van der Waals surface area contributed by atoms with Crippen molar-refractivity contribution in [2.45, 2.75) is 26.3 Å². The minimum atomic E-state index is -0.573. The van der Waals surface area contributed by atoms with Crippen LogP contribution in [0.2, 0.25) is 0 Å². The van der Waals surface area contributed by atoms with Gasteiger partial charge < -0.3 is 10.5 Å². The highest BCUT2D eigenvalue weighted by molar-refractivity contribution is 5.75. The molecule has 0 saturated carbocycles. The van der Waals surface area contributed by atoms with Gasteiger partial charge in [0.2, 0.25) is 0 Å². The van der Waals surface area contributed by atoms with E-state index in [4.69, 9.17) is 5.73 Å². The molecule has 1 atom stereocenters. The largest absolute Gasteiger partial charge is 0.468 e. The predicted octanol–water partition coefficient (Wildman–Crippen LogP) is 1.35. The Labute approximate surface area is 90.2 Å². The molecule has 0 aliphatic rings. The van der Waals surface area contributed by atoms with E-state index in [-0.39, 0.29) is 5.97 Å². The highest BCUT2D eigenvalue weighted by atomic mass is 16.5. The van der Waals surface area contributed by atoms with Gasteiger partial charge >= 0.3 is 5.97 Å². The molecule has 0 bridgehead atoms. The number of benzene rings is 1. The van der Waals surface area contributed by atoms with Gasteiger partial charge in [-0.3, -0.25) is 4.79 Å². The Balaban J connectivity index is 2.76. The fraction of sp³-hybridized carbons (Fsp3) is 0.417. The van der Waals surface area contributed by atoms with E-state index in [1.165, 1.54) is 18.2 Å². The minimum Gasteiger partial charge on any atom is -0.468 e. The fourth-order valence-electron chi connectivity index (χ4n) is 1.68. The van der Waals surface area contributed by atoms with Crippen LogP contribution in [-0.2, 0) is 16.0 Å². The molecule has 0 radical (unpaired) electrons. The number of carbonyl (C=O) groups excluding carboxylic acids is 1. The van der Waals surface area contributed by atoms with Crippen molar-refractivity contribution in [2.24, 2.45) is 5.73 Å². The van der Waals surface area contributed by atoms with Gasteiger partial charge in [-0.2, -0.15) is 0 Å². The monoisotopic (exact) mass is 207 g/mol. The minimum absolute atomic E-state index is 0.367. The number of ether oxygens (including phenoxy) is 1. The molecule has 1 rings (SSSR count). The lowest BCUT2D eigenvalue weighted by molar-refractivity contribution is -0.142. The Morgan fingerprint density at radius 3 is 2.33 bits per heavy atom. The molecule has 0 amide bonds. The van der Waals surface area contributed by atoms with E-state index >= 15 is 0 Å². The zero-order chi connectivity index (χ0) is 11.4. The highest BCUT2D eigenvalue weighted by Crippen LogP contribution is 2.10. The molecule has 0 unspecified atom stereocenters. The van der Waals surface area contributed by atoms with Gasteiger partial charge in [0.25, 0.3) is 0 Å². The first-order valence-corrected chi connectivity index (χ1v) is 4.93. The summed E-state index contributed by atoms with van der Waals surface area (Å²) in [6.45, 7) is 4.06. The number of hydrogen-bond donors (Lipinski definition) is 1. The Kier molecular flexibility index (Phi) is 3.86. The zero-order valence-electron chi connectivity index (χ0n) is 9.41. The highest BCUT2D eigenvalue weighted by Gasteiger charge is 2.14. The number of methoxy groups -OCH3 is 1. The summed E-state index contributed by atoms with van der Waals surface area (Å²) in [4.78, 5) is 11.1. The molecule has 1 aromatic carbocycles. The van der Waals surface area contributed by atoms with Crippen LogP contribution in [0.25, 0.3) is 0 Å². The molecule has 1 aromatic rings. The first-order chi connectivity index (χ1) is 7.02. The fourth-order valence-corrected chi connectivity index (χ4v) is 1.68. The molecule has 0 saturated heterocycles. The van der Waals surface area contributed by atoms with Crippen LogP contribution < -0.4 is 5.73 Å². The SMILES string of the molecule is COC(=O)[C@@H](N)Cc1cc(C)cc(C)c1. The second-order valence-corrected chi connectivity index (χ2v) is 3.83. The summed E-state index contributed by atoms with van der Waals surface area (Å²) >= 11 is 0. The molecule has 2 N–H and O–H groups in total. The lowest BCUT2D eigenvalue weighted by Crippen LogP contribution is -2.33. The lowest BCUT2D eigenvalue weighted by atomic mass is 10.0. The van der Waals surface area contributed by atoms with Gasteiger partial charge in [0.1, 0.15) is 6.04 Å². The molecule has 3 nitrogen and oxygen atoms in total. The van der Waals surface area contributed by atoms with Crippen molar-refractivity contribution in [2.75, 3.05) is 7.11 Å². The molecule has 0 aliphatic heterocycles. The van der Waals surface area contributed by atoms with Crippen molar-refractivity contribution in [3.63, 3.8) is 0 Å². The maximum atomic E-state index is 11.1. The molecule has 3 heteroatoms. The predicted molar refractivity (Wildman–Crippen MR) is 59.6 cm³/mol.